The van der Waals surface area contributed by atoms with E-state index in [-0.39, 0.29) is 0 Å². The van der Waals surface area contributed by atoms with Crippen LogP contribution in [0.1, 0.15) is 66.2 Å². The Hall–Kier alpha value is -0.370. The summed E-state index contributed by atoms with van der Waals surface area (Å²) < 4.78 is 5.92. The topological polar surface area (TPSA) is 26.3 Å². The van der Waals surface area contributed by atoms with Gasteiger partial charge in [-0.25, -0.2) is 0 Å². The quantitative estimate of drug-likeness (QED) is 0.714. The van der Waals surface area contributed by atoms with E-state index in [1.54, 1.807) is 0 Å². The van der Waals surface area contributed by atoms with Crippen LogP contribution in [0.25, 0.3) is 0 Å². The molecule has 1 aliphatic rings. The fraction of sp³-hybridized carbons (Fsp3) is 0.929. The van der Waals surface area contributed by atoms with Crippen LogP contribution in [-0.4, -0.2) is 18.0 Å². The highest BCUT2D eigenvalue weighted by Crippen LogP contribution is 2.42. The molecule has 0 radical (unpaired) electrons. The van der Waals surface area contributed by atoms with Gasteiger partial charge in [-0.05, 0) is 37.5 Å². The van der Waals surface area contributed by atoms with Gasteiger partial charge in [0, 0.05) is 13.0 Å². The van der Waals surface area contributed by atoms with Crippen LogP contribution < -0.4 is 0 Å². The van der Waals surface area contributed by atoms with Crippen LogP contribution in [0.4, 0.5) is 0 Å². The first kappa shape index (κ1) is 13.7. The molecule has 1 saturated carbocycles. The fourth-order valence-electron chi connectivity index (χ4n) is 2.45. The molecule has 94 valence electrons. The van der Waals surface area contributed by atoms with E-state index in [1.165, 1.54) is 0 Å². The van der Waals surface area contributed by atoms with Crippen LogP contribution in [0.15, 0.2) is 0 Å². The summed E-state index contributed by atoms with van der Waals surface area (Å²) in [5.41, 5.74) is -0.0621. The summed E-state index contributed by atoms with van der Waals surface area (Å²) in [7, 11) is 0. The first-order valence-electron chi connectivity index (χ1n) is 6.63. The van der Waals surface area contributed by atoms with Gasteiger partial charge < -0.3 is 4.74 Å². The van der Waals surface area contributed by atoms with E-state index in [1.807, 2.05) is 6.92 Å². The molecule has 0 unspecified atom stereocenters. The maximum absolute atomic E-state index is 12.1. The molecule has 2 nitrogen and oxygen atoms in total. The van der Waals surface area contributed by atoms with E-state index in [0.717, 1.165) is 32.1 Å². The molecule has 0 aliphatic heterocycles. The van der Waals surface area contributed by atoms with Crippen LogP contribution >= 0.6 is 0 Å². The van der Waals surface area contributed by atoms with Crippen molar-refractivity contribution in [1.29, 1.82) is 0 Å². The second-order valence-electron chi connectivity index (χ2n) is 5.78. The Bertz CT molecular complexity index is 233. The van der Waals surface area contributed by atoms with E-state index in [4.69, 9.17) is 4.74 Å². The smallest absolute Gasteiger partial charge is 0.164 e. The Kier molecular flexibility index (Phi) is 4.54. The zero-order chi connectivity index (χ0) is 12.2. The summed E-state index contributed by atoms with van der Waals surface area (Å²) in [4.78, 5) is 12.1. The molecule has 1 rings (SSSR count). The van der Waals surface area contributed by atoms with Crippen molar-refractivity contribution < 1.29 is 9.53 Å². The van der Waals surface area contributed by atoms with E-state index in [9.17, 15) is 4.79 Å². The van der Waals surface area contributed by atoms with Crippen LogP contribution in [0.5, 0.6) is 0 Å². The molecular formula is C14H26O2. The van der Waals surface area contributed by atoms with Crippen molar-refractivity contribution in [3.63, 3.8) is 0 Å². The van der Waals surface area contributed by atoms with Gasteiger partial charge in [0.15, 0.2) is 5.78 Å². The predicted octanol–water partition coefficient (Wildman–Crippen LogP) is 3.73. The van der Waals surface area contributed by atoms with Gasteiger partial charge >= 0.3 is 0 Å². The monoisotopic (exact) mass is 226 g/mol. The number of ketones is 1. The van der Waals surface area contributed by atoms with Gasteiger partial charge in [0.2, 0.25) is 0 Å². The van der Waals surface area contributed by atoms with Gasteiger partial charge in [-0.15, -0.1) is 0 Å². The van der Waals surface area contributed by atoms with E-state index >= 15 is 0 Å². The number of rotatable bonds is 5. The number of Topliss-reactive ketones (excluding diaryl/α,β-unsaturated/α-hetero) is 1. The lowest BCUT2D eigenvalue weighted by Gasteiger charge is -2.42. The Morgan fingerprint density at radius 3 is 2.12 bits per heavy atom. The van der Waals surface area contributed by atoms with E-state index in [2.05, 4.69) is 20.8 Å². The van der Waals surface area contributed by atoms with Gasteiger partial charge in [0.05, 0.1) is 0 Å². The molecule has 0 aromatic heterocycles. The maximum Gasteiger partial charge on any atom is 0.164 e. The third-order valence-electron chi connectivity index (χ3n) is 3.82. The average Bonchev–Trinajstić information content (AvgIpc) is 2.27. The molecule has 1 aliphatic carbocycles. The minimum atomic E-state index is -0.444. The van der Waals surface area contributed by atoms with Crippen LogP contribution in [0.2, 0.25) is 0 Å². The van der Waals surface area contributed by atoms with Crippen molar-refractivity contribution in [2.24, 2.45) is 5.41 Å². The standard InChI is InChI=1S/C14H26O2/c1-5-11-16-14(12(15)6-2)9-7-13(3,4)8-10-14/h5-11H2,1-4H3. The lowest BCUT2D eigenvalue weighted by Crippen LogP contribution is -2.46. The largest absolute Gasteiger partial charge is 0.367 e. The van der Waals surface area contributed by atoms with Crippen LogP contribution in [0.3, 0.4) is 0 Å². The molecule has 0 N–H and O–H groups in total. The summed E-state index contributed by atoms with van der Waals surface area (Å²) in [6, 6.07) is 0. The minimum absolute atomic E-state index is 0.302. The summed E-state index contributed by atoms with van der Waals surface area (Å²) in [6.45, 7) is 9.32. The number of ether oxygens (including phenoxy) is 1. The first-order valence-corrected chi connectivity index (χ1v) is 6.63. The highest BCUT2D eigenvalue weighted by atomic mass is 16.5. The summed E-state index contributed by atoms with van der Waals surface area (Å²) in [5.74, 6) is 0.302. The highest BCUT2D eigenvalue weighted by molar-refractivity contribution is 5.87. The molecule has 2 heteroatoms. The third kappa shape index (κ3) is 3.07. The van der Waals surface area contributed by atoms with Crippen molar-refractivity contribution in [3.05, 3.63) is 0 Å². The van der Waals surface area contributed by atoms with Crippen LogP contribution in [-0.2, 0) is 9.53 Å². The molecular weight excluding hydrogens is 200 g/mol. The number of hydrogen-bond acceptors (Lipinski definition) is 2. The second kappa shape index (κ2) is 5.31. The van der Waals surface area contributed by atoms with E-state index in [0.29, 0.717) is 24.2 Å². The molecule has 0 bridgehead atoms. The van der Waals surface area contributed by atoms with Crippen LogP contribution in [0, 0.1) is 5.41 Å². The van der Waals surface area contributed by atoms with Crippen molar-refractivity contribution in [1.82, 2.24) is 0 Å². The Morgan fingerprint density at radius 2 is 1.69 bits per heavy atom. The molecule has 0 amide bonds. The normalized spacial score (nSPS) is 23.0. The highest BCUT2D eigenvalue weighted by Gasteiger charge is 2.43. The van der Waals surface area contributed by atoms with Gasteiger partial charge in [0.1, 0.15) is 5.60 Å². The Morgan fingerprint density at radius 1 is 1.12 bits per heavy atom. The van der Waals surface area contributed by atoms with Gasteiger partial charge in [-0.3, -0.25) is 4.79 Å². The number of carbonyl (C=O) groups is 1. The lowest BCUT2D eigenvalue weighted by atomic mass is 9.69. The zero-order valence-electron chi connectivity index (χ0n) is 11.3. The third-order valence-corrected chi connectivity index (χ3v) is 3.82. The van der Waals surface area contributed by atoms with Gasteiger partial charge in [0.25, 0.3) is 0 Å². The van der Waals surface area contributed by atoms with Crippen molar-refractivity contribution >= 4 is 5.78 Å². The van der Waals surface area contributed by atoms with E-state index < -0.39 is 5.60 Å². The molecule has 0 spiro atoms. The molecule has 0 aromatic rings. The minimum Gasteiger partial charge on any atom is -0.367 e. The van der Waals surface area contributed by atoms with Crippen molar-refractivity contribution in [2.45, 2.75) is 71.8 Å². The molecule has 0 heterocycles. The summed E-state index contributed by atoms with van der Waals surface area (Å²) in [6.07, 6.45) is 5.61. The fourth-order valence-corrected chi connectivity index (χ4v) is 2.45. The SMILES string of the molecule is CCCOC1(C(=O)CC)CCC(C)(C)CC1. The number of hydrogen-bond donors (Lipinski definition) is 0. The van der Waals surface area contributed by atoms with Crippen molar-refractivity contribution in [2.75, 3.05) is 6.61 Å². The first-order chi connectivity index (χ1) is 7.46. The molecule has 0 atom stereocenters. The molecule has 1 fully saturated rings. The predicted molar refractivity (Wildman–Crippen MR) is 66.5 cm³/mol. The lowest BCUT2D eigenvalue weighted by molar-refractivity contribution is -0.152. The second-order valence-corrected chi connectivity index (χ2v) is 5.78. The molecule has 0 aromatic carbocycles. The van der Waals surface area contributed by atoms with Gasteiger partial charge in [-0.1, -0.05) is 27.7 Å². The number of carbonyl (C=O) groups excluding carboxylic acids is 1. The molecule has 0 saturated heterocycles. The summed E-state index contributed by atoms with van der Waals surface area (Å²) in [5, 5.41) is 0. The van der Waals surface area contributed by atoms with Crippen molar-refractivity contribution in [3.8, 4) is 0 Å². The molecule has 16 heavy (non-hydrogen) atoms. The Labute approximate surface area is 99.8 Å². The zero-order valence-corrected chi connectivity index (χ0v) is 11.3. The summed E-state index contributed by atoms with van der Waals surface area (Å²) >= 11 is 0. The van der Waals surface area contributed by atoms with Gasteiger partial charge in [-0.2, -0.15) is 0 Å². The average molecular weight is 226 g/mol. The maximum atomic E-state index is 12.1. The Balaban J connectivity index is 2.70.